The van der Waals surface area contributed by atoms with E-state index in [-0.39, 0.29) is 0 Å². The molecule has 1 saturated heterocycles. The summed E-state index contributed by atoms with van der Waals surface area (Å²) in [5, 5.41) is 11.8. The summed E-state index contributed by atoms with van der Waals surface area (Å²) in [6, 6.07) is 10.0. The lowest BCUT2D eigenvalue weighted by Gasteiger charge is -2.39. The van der Waals surface area contributed by atoms with Gasteiger partial charge in [0.15, 0.2) is 0 Å². The predicted octanol–water partition coefficient (Wildman–Crippen LogP) is 4.47. The first-order valence-corrected chi connectivity index (χ1v) is 10.3. The van der Waals surface area contributed by atoms with Crippen molar-refractivity contribution in [3.8, 4) is 0 Å². The van der Waals surface area contributed by atoms with Gasteiger partial charge < -0.3 is 14.6 Å². The van der Waals surface area contributed by atoms with Crippen LogP contribution in [-0.2, 0) is 19.1 Å². The molecule has 1 N–H and O–H groups in total. The summed E-state index contributed by atoms with van der Waals surface area (Å²) in [5.74, 6) is 0.706. The zero-order valence-corrected chi connectivity index (χ0v) is 16.4. The van der Waals surface area contributed by atoms with Gasteiger partial charge in [0, 0.05) is 37.1 Å². The number of aliphatic hydroxyl groups is 1. The molecule has 0 spiro atoms. The molecular formula is C22H29ClN2O. The van der Waals surface area contributed by atoms with Gasteiger partial charge in [0.05, 0.1) is 5.60 Å². The maximum Gasteiger partial charge on any atom is 0.0920 e. The Bertz CT molecular complexity index is 744. The molecule has 1 fully saturated rings. The second kappa shape index (κ2) is 7.38. The van der Waals surface area contributed by atoms with E-state index in [1.54, 1.807) is 5.56 Å². The molecular weight excluding hydrogens is 344 g/mol. The summed E-state index contributed by atoms with van der Waals surface area (Å²) in [6.07, 6.45) is 8.91. The molecule has 1 aliphatic carbocycles. The highest BCUT2D eigenvalue weighted by molar-refractivity contribution is 6.30. The van der Waals surface area contributed by atoms with Gasteiger partial charge in [0.25, 0.3) is 0 Å². The Balaban J connectivity index is 1.33. The first kappa shape index (κ1) is 18.1. The van der Waals surface area contributed by atoms with Crippen LogP contribution in [0.2, 0.25) is 5.02 Å². The molecule has 1 atom stereocenters. The summed E-state index contributed by atoms with van der Waals surface area (Å²) in [7, 11) is 2.17. The molecule has 4 rings (SSSR count). The third kappa shape index (κ3) is 3.58. The second-order valence-corrected chi connectivity index (χ2v) is 8.52. The molecule has 2 heterocycles. The molecule has 0 radical (unpaired) electrons. The van der Waals surface area contributed by atoms with Gasteiger partial charge >= 0.3 is 0 Å². The van der Waals surface area contributed by atoms with Gasteiger partial charge in [-0.1, -0.05) is 23.7 Å². The minimum atomic E-state index is -0.696. The van der Waals surface area contributed by atoms with Crippen molar-refractivity contribution in [2.24, 2.45) is 7.05 Å². The molecule has 3 nitrogen and oxygen atoms in total. The van der Waals surface area contributed by atoms with E-state index in [1.165, 1.54) is 31.4 Å². The number of nitrogens with zero attached hydrogens (tertiary/aromatic N) is 2. The first-order valence-electron chi connectivity index (χ1n) is 9.90. The van der Waals surface area contributed by atoms with Gasteiger partial charge in [-0.05, 0) is 80.3 Å². The van der Waals surface area contributed by atoms with Crippen molar-refractivity contribution in [3.05, 3.63) is 58.4 Å². The fourth-order valence-electron chi connectivity index (χ4n) is 4.78. The van der Waals surface area contributed by atoms with E-state index in [1.807, 2.05) is 24.3 Å². The molecule has 4 heteroatoms. The minimum absolute atomic E-state index is 0.696. The molecule has 0 amide bonds. The Labute approximate surface area is 161 Å². The molecule has 2 aliphatic rings. The van der Waals surface area contributed by atoms with Crippen LogP contribution >= 0.6 is 11.6 Å². The van der Waals surface area contributed by atoms with Crippen molar-refractivity contribution in [3.63, 3.8) is 0 Å². The van der Waals surface area contributed by atoms with Crippen LogP contribution in [0.25, 0.3) is 0 Å². The van der Waals surface area contributed by atoms with E-state index in [0.29, 0.717) is 5.92 Å². The van der Waals surface area contributed by atoms with Gasteiger partial charge in [-0.3, -0.25) is 0 Å². The monoisotopic (exact) mass is 372 g/mol. The molecule has 1 aliphatic heterocycles. The molecule has 140 valence electrons. The van der Waals surface area contributed by atoms with Crippen molar-refractivity contribution in [2.45, 2.75) is 50.0 Å². The van der Waals surface area contributed by atoms with Crippen molar-refractivity contribution in [1.82, 2.24) is 9.47 Å². The summed E-state index contributed by atoms with van der Waals surface area (Å²) >= 11 is 5.98. The lowest BCUT2D eigenvalue weighted by atomic mass is 9.83. The van der Waals surface area contributed by atoms with Crippen LogP contribution in [0.5, 0.6) is 0 Å². The number of fused-ring (bicyclic) bond motifs is 1. The number of aromatic nitrogens is 1. The fraction of sp³-hybridized carbons (Fsp3) is 0.545. The van der Waals surface area contributed by atoms with E-state index in [2.05, 4.69) is 28.8 Å². The maximum atomic E-state index is 11.0. The number of hydrogen-bond acceptors (Lipinski definition) is 2. The van der Waals surface area contributed by atoms with Crippen molar-refractivity contribution >= 4 is 11.6 Å². The van der Waals surface area contributed by atoms with E-state index in [9.17, 15) is 5.11 Å². The number of piperidine rings is 1. The van der Waals surface area contributed by atoms with Crippen molar-refractivity contribution < 1.29 is 5.11 Å². The average Bonchev–Trinajstić information content (AvgIpc) is 3.04. The summed E-state index contributed by atoms with van der Waals surface area (Å²) in [5.41, 5.74) is 3.42. The molecule has 0 saturated carbocycles. The lowest BCUT2D eigenvalue weighted by molar-refractivity contribution is -0.0263. The van der Waals surface area contributed by atoms with Crippen LogP contribution < -0.4 is 0 Å². The highest BCUT2D eigenvalue weighted by Gasteiger charge is 2.34. The molecule has 2 aromatic rings. The van der Waals surface area contributed by atoms with E-state index in [4.69, 9.17) is 11.6 Å². The Hall–Kier alpha value is -1.29. The number of hydrogen-bond donors (Lipinski definition) is 1. The van der Waals surface area contributed by atoms with Crippen LogP contribution in [0, 0.1) is 0 Å². The Morgan fingerprint density at radius 1 is 1.15 bits per heavy atom. The van der Waals surface area contributed by atoms with Crippen LogP contribution in [0.4, 0.5) is 0 Å². The maximum absolute atomic E-state index is 11.0. The Kier molecular flexibility index (Phi) is 5.13. The standard InChI is InChI=1S/C22H29ClN2O/c1-24-13-10-20-17(3-2-4-21(20)24)9-14-25-15-11-22(26,12-16-25)18-5-7-19(23)8-6-18/h5-8,10,13,17,26H,2-4,9,11-12,14-16H2,1H3. The normalized spacial score (nSPS) is 23.0. The van der Waals surface area contributed by atoms with Gasteiger partial charge in [-0.15, -0.1) is 0 Å². The lowest BCUT2D eigenvalue weighted by Crippen LogP contribution is -2.43. The fourth-order valence-corrected chi connectivity index (χ4v) is 4.91. The van der Waals surface area contributed by atoms with E-state index < -0.39 is 5.60 Å². The number of likely N-dealkylation sites (tertiary alicyclic amines) is 1. The summed E-state index contributed by atoms with van der Waals surface area (Å²) in [6.45, 7) is 3.07. The molecule has 26 heavy (non-hydrogen) atoms. The first-order chi connectivity index (χ1) is 12.5. The molecule has 0 bridgehead atoms. The van der Waals surface area contributed by atoms with Crippen molar-refractivity contribution in [1.29, 1.82) is 0 Å². The second-order valence-electron chi connectivity index (χ2n) is 8.09. The Morgan fingerprint density at radius 3 is 2.62 bits per heavy atom. The number of aryl methyl sites for hydroxylation is 1. The van der Waals surface area contributed by atoms with Crippen LogP contribution in [0.15, 0.2) is 36.5 Å². The summed E-state index contributed by atoms with van der Waals surface area (Å²) < 4.78 is 2.30. The Morgan fingerprint density at radius 2 is 1.88 bits per heavy atom. The number of benzene rings is 1. The molecule has 1 aromatic heterocycles. The van der Waals surface area contributed by atoms with Gasteiger partial charge in [-0.2, -0.15) is 0 Å². The van der Waals surface area contributed by atoms with Crippen LogP contribution in [-0.4, -0.2) is 34.2 Å². The highest BCUT2D eigenvalue weighted by Crippen LogP contribution is 2.36. The van der Waals surface area contributed by atoms with Gasteiger partial charge in [-0.25, -0.2) is 0 Å². The smallest absolute Gasteiger partial charge is 0.0920 e. The third-order valence-electron chi connectivity index (χ3n) is 6.50. The SMILES string of the molecule is Cn1ccc2c1CCCC2CCN1CCC(O)(c2ccc(Cl)cc2)CC1. The van der Waals surface area contributed by atoms with Crippen molar-refractivity contribution in [2.75, 3.05) is 19.6 Å². The predicted molar refractivity (Wildman–Crippen MR) is 107 cm³/mol. The summed E-state index contributed by atoms with van der Waals surface area (Å²) in [4.78, 5) is 2.53. The zero-order chi connectivity index (χ0) is 18.1. The minimum Gasteiger partial charge on any atom is -0.385 e. The van der Waals surface area contributed by atoms with Gasteiger partial charge in [0.2, 0.25) is 0 Å². The van der Waals surface area contributed by atoms with Crippen LogP contribution in [0.1, 0.15) is 54.8 Å². The third-order valence-corrected chi connectivity index (χ3v) is 6.75. The van der Waals surface area contributed by atoms with E-state index >= 15 is 0 Å². The van der Waals surface area contributed by atoms with Crippen LogP contribution in [0.3, 0.4) is 0 Å². The number of rotatable bonds is 4. The number of halogens is 1. The topological polar surface area (TPSA) is 28.4 Å². The molecule has 1 aromatic carbocycles. The average molecular weight is 373 g/mol. The quantitative estimate of drug-likeness (QED) is 0.857. The molecule has 1 unspecified atom stereocenters. The zero-order valence-electron chi connectivity index (χ0n) is 15.6. The van der Waals surface area contributed by atoms with E-state index in [0.717, 1.165) is 43.1 Å². The highest BCUT2D eigenvalue weighted by atomic mass is 35.5. The largest absolute Gasteiger partial charge is 0.385 e. The van der Waals surface area contributed by atoms with Gasteiger partial charge in [0.1, 0.15) is 0 Å².